The minimum absolute atomic E-state index is 0.266. The molecule has 0 spiro atoms. The van der Waals surface area contributed by atoms with Crippen molar-refractivity contribution < 1.29 is 19.7 Å². The Morgan fingerprint density at radius 1 is 1.27 bits per heavy atom. The number of aliphatic hydroxyl groups excluding tert-OH is 1. The Bertz CT molecular complexity index is 608. The van der Waals surface area contributed by atoms with Crippen molar-refractivity contribution in [3.63, 3.8) is 0 Å². The molecule has 26 heavy (non-hydrogen) atoms. The van der Waals surface area contributed by atoms with E-state index in [0.717, 1.165) is 18.4 Å². The molecule has 1 heterocycles. The Kier molecular flexibility index (Phi) is 6.84. The molecule has 144 valence electrons. The van der Waals surface area contributed by atoms with Crippen molar-refractivity contribution in [1.29, 1.82) is 0 Å². The van der Waals surface area contributed by atoms with Crippen molar-refractivity contribution in [1.82, 2.24) is 4.90 Å². The van der Waals surface area contributed by atoms with Crippen molar-refractivity contribution >= 4 is 12.2 Å². The second-order valence-electron chi connectivity index (χ2n) is 7.96. The molecule has 0 aromatic heterocycles. The van der Waals surface area contributed by atoms with Crippen LogP contribution in [0.4, 0.5) is 4.79 Å². The molecule has 0 aliphatic carbocycles. The molecule has 1 aliphatic rings. The van der Waals surface area contributed by atoms with Gasteiger partial charge in [0, 0.05) is 6.54 Å². The van der Waals surface area contributed by atoms with E-state index in [-0.39, 0.29) is 6.42 Å². The van der Waals surface area contributed by atoms with Crippen LogP contribution in [0, 0.1) is 0 Å². The van der Waals surface area contributed by atoms with Crippen LogP contribution in [-0.2, 0) is 4.74 Å². The smallest absolute Gasteiger partial charge is 0.410 e. The van der Waals surface area contributed by atoms with Gasteiger partial charge < -0.3 is 19.8 Å². The van der Waals surface area contributed by atoms with E-state index in [2.05, 4.69) is 0 Å². The highest BCUT2D eigenvalue weighted by Gasteiger charge is 2.43. The third-order valence-corrected chi connectivity index (χ3v) is 4.61. The fourth-order valence-electron chi connectivity index (χ4n) is 3.30. The number of amides is 1. The summed E-state index contributed by atoms with van der Waals surface area (Å²) in [5, 5.41) is 21.0. The normalized spacial score (nSPS) is 20.8. The molecule has 5 nitrogen and oxygen atoms in total. The number of likely N-dealkylation sites (tertiary alicyclic amines) is 1. The molecule has 1 aromatic rings. The first-order chi connectivity index (χ1) is 12.2. The van der Waals surface area contributed by atoms with Crippen molar-refractivity contribution in [2.24, 2.45) is 0 Å². The number of aliphatic hydroxyl groups is 2. The van der Waals surface area contributed by atoms with Gasteiger partial charge in [0.05, 0.1) is 12.6 Å². The minimum Gasteiger partial charge on any atom is -0.444 e. The van der Waals surface area contributed by atoms with Crippen LogP contribution in [0.2, 0.25) is 0 Å². The molecular formula is C21H31NO4. The van der Waals surface area contributed by atoms with E-state index >= 15 is 0 Å². The van der Waals surface area contributed by atoms with Gasteiger partial charge in [-0.3, -0.25) is 0 Å². The molecule has 2 rings (SSSR count). The van der Waals surface area contributed by atoms with Gasteiger partial charge >= 0.3 is 6.09 Å². The maximum Gasteiger partial charge on any atom is 0.410 e. The second kappa shape index (κ2) is 8.69. The fraction of sp³-hybridized carbons (Fsp3) is 0.571. The van der Waals surface area contributed by atoms with Crippen molar-refractivity contribution in [2.45, 2.75) is 63.7 Å². The van der Waals surface area contributed by atoms with Gasteiger partial charge in [0.1, 0.15) is 11.2 Å². The van der Waals surface area contributed by atoms with Gasteiger partial charge in [0.2, 0.25) is 0 Å². The standard InChI is InChI=1S/C21H31NO4/c1-20(2,3)26-19(24)22-15-8-7-13-18(22)21(25,16-23)14-9-12-17-10-5-4-6-11-17/h4-6,9-12,18,23,25H,7-8,13-16H2,1-3H3/b12-9+/t18-,21-/m0/s1. The van der Waals surface area contributed by atoms with Crippen LogP contribution in [0.3, 0.4) is 0 Å². The molecule has 0 unspecified atom stereocenters. The summed E-state index contributed by atoms with van der Waals surface area (Å²) in [7, 11) is 0. The number of piperidine rings is 1. The zero-order valence-electron chi connectivity index (χ0n) is 16.0. The molecule has 5 heteroatoms. The molecule has 0 bridgehead atoms. The highest BCUT2D eigenvalue weighted by Crippen LogP contribution is 2.30. The summed E-state index contributed by atoms with van der Waals surface area (Å²) in [5.41, 5.74) is -0.952. The maximum atomic E-state index is 12.6. The molecule has 1 fully saturated rings. The number of benzene rings is 1. The number of nitrogens with zero attached hydrogens (tertiary/aromatic N) is 1. The number of hydrogen-bond donors (Lipinski definition) is 2. The van der Waals surface area contributed by atoms with Crippen molar-refractivity contribution in [3.8, 4) is 0 Å². The van der Waals surface area contributed by atoms with Gasteiger partial charge in [-0.15, -0.1) is 0 Å². The summed E-state index contributed by atoms with van der Waals surface area (Å²) >= 11 is 0. The number of ether oxygens (including phenoxy) is 1. The predicted octanol–water partition coefficient (Wildman–Crippen LogP) is 3.60. The first kappa shape index (κ1) is 20.5. The molecule has 1 saturated heterocycles. The Labute approximate surface area is 156 Å². The van der Waals surface area contributed by atoms with E-state index in [1.54, 1.807) is 4.90 Å². The van der Waals surface area contributed by atoms with Crippen LogP contribution in [0.5, 0.6) is 0 Å². The average molecular weight is 361 g/mol. The summed E-state index contributed by atoms with van der Waals surface area (Å²) in [5.74, 6) is 0. The monoisotopic (exact) mass is 361 g/mol. The molecular weight excluding hydrogens is 330 g/mol. The number of carbonyl (C=O) groups excluding carboxylic acids is 1. The first-order valence-electron chi connectivity index (χ1n) is 9.30. The zero-order valence-corrected chi connectivity index (χ0v) is 16.0. The summed E-state index contributed by atoms with van der Waals surface area (Å²) in [6.07, 6.45) is 6.04. The third-order valence-electron chi connectivity index (χ3n) is 4.61. The molecule has 2 N–H and O–H groups in total. The van der Waals surface area contributed by atoms with Crippen LogP contribution >= 0.6 is 0 Å². The van der Waals surface area contributed by atoms with Crippen LogP contribution in [0.1, 0.15) is 52.0 Å². The minimum atomic E-state index is -1.39. The lowest BCUT2D eigenvalue weighted by Gasteiger charge is -2.44. The molecule has 0 saturated carbocycles. The van der Waals surface area contributed by atoms with Gasteiger partial charge in [-0.25, -0.2) is 4.79 Å². The number of hydrogen-bond acceptors (Lipinski definition) is 4. The second-order valence-corrected chi connectivity index (χ2v) is 7.96. The fourth-order valence-corrected chi connectivity index (χ4v) is 3.30. The molecule has 1 amide bonds. The lowest BCUT2D eigenvalue weighted by atomic mass is 9.84. The predicted molar refractivity (Wildman–Crippen MR) is 103 cm³/mol. The third kappa shape index (κ3) is 5.58. The topological polar surface area (TPSA) is 70.0 Å². The summed E-state index contributed by atoms with van der Waals surface area (Å²) in [6.45, 7) is 5.60. The zero-order chi connectivity index (χ0) is 19.2. The molecule has 2 atom stereocenters. The Morgan fingerprint density at radius 3 is 2.58 bits per heavy atom. The van der Waals surface area contributed by atoms with Crippen LogP contribution in [-0.4, -0.2) is 51.6 Å². The van der Waals surface area contributed by atoms with Crippen LogP contribution in [0.25, 0.3) is 6.08 Å². The van der Waals surface area contributed by atoms with Crippen LogP contribution < -0.4 is 0 Å². The van der Waals surface area contributed by atoms with E-state index in [1.165, 1.54) is 0 Å². The largest absolute Gasteiger partial charge is 0.444 e. The van der Waals surface area contributed by atoms with Gasteiger partial charge in [0.15, 0.2) is 0 Å². The lowest BCUT2D eigenvalue weighted by molar-refractivity contribution is -0.0921. The SMILES string of the molecule is CC(C)(C)OC(=O)N1CCCC[C@H]1[C@@](O)(CO)C/C=C/c1ccccc1. The van der Waals surface area contributed by atoms with Gasteiger partial charge in [-0.05, 0) is 52.0 Å². The highest BCUT2D eigenvalue weighted by molar-refractivity contribution is 5.69. The van der Waals surface area contributed by atoms with Gasteiger partial charge in [0.25, 0.3) is 0 Å². The summed E-state index contributed by atoms with van der Waals surface area (Å²) in [6, 6.07) is 9.33. The van der Waals surface area contributed by atoms with E-state index in [4.69, 9.17) is 4.74 Å². The Balaban J connectivity index is 2.13. The average Bonchev–Trinajstić information content (AvgIpc) is 2.61. The Hall–Kier alpha value is -1.85. The first-order valence-corrected chi connectivity index (χ1v) is 9.30. The van der Waals surface area contributed by atoms with Crippen molar-refractivity contribution in [3.05, 3.63) is 42.0 Å². The summed E-state index contributed by atoms with van der Waals surface area (Å²) in [4.78, 5) is 14.2. The number of carbonyl (C=O) groups is 1. The quantitative estimate of drug-likeness (QED) is 0.841. The van der Waals surface area contributed by atoms with Gasteiger partial charge in [-0.2, -0.15) is 0 Å². The number of rotatable bonds is 5. The lowest BCUT2D eigenvalue weighted by Crippen LogP contribution is -2.59. The molecule has 1 aliphatic heterocycles. The van der Waals surface area contributed by atoms with E-state index in [1.807, 2.05) is 63.3 Å². The maximum absolute atomic E-state index is 12.6. The highest BCUT2D eigenvalue weighted by atomic mass is 16.6. The van der Waals surface area contributed by atoms with E-state index in [0.29, 0.717) is 13.0 Å². The Morgan fingerprint density at radius 2 is 1.96 bits per heavy atom. The van der Waals surface area contributed by atoms with Gasteiger partial charge in [-0.1, -0.05) is 42.5 Å². The van der Waals surface area contributed by atoms with E-state index in [9.17, 15) is 15.0 Å². The molecule has 0 radical (unpaired) electrons. The van der Waals surface area contributed by atoms with Crippen LogP contribution in [0.15, 0.2) is 36.4 Å². The van der Waals surface area contributed by atoms with E-state index < -0.39 is 29.9 Å². The van der Waals surface area contributed by atoms with Crippen molar-refractivity contribution in [2.75, 3.05) is 13.2 Å². The summed E-state index contributed by atoms with van der Waals surface area (Å²) < 4.78 is 5.50. The molecule has 1 aromatic carbocycles.